The van der Waals surface area contributed by atoms with Crippen LogP contribution >= 0.6 is 0 Å². The van der Waals surface area contributed by atoms with E-state index in [0.29, 0.717) is 0 Å². The molecule has 0 saturated heterocycles. The number of nitrogens with zero attached hydrogens (tertiary/aromatic N) is 2. The summed E-state index contributed by atoms with van der Waals surface area (Å²) in [6.45, 7) is 0. The van der Waals surface area contributed by atoms with Crippen molar-refractivity contribution in [2.75, 3.05) is 4.90 Å². The van der Waals surface area contributed by atoms with Crippen molar-refractivity contribution < 1.29 is 8.83 Å². The van der Waals surface area contributed by atoms with Gasteiger partial charge in [0.15, 0.2) is 0 Å². The molecule has 0 bridgehead atoms. The second kappa shape index (κ2) is 9.62. The minimum Gasteiger partial charge on any atom is -0.456 e. The topological polar surface area (TPSA) is 34.5 Å². The molecule has 7 aromatic carbocycles. The maximum Gasteiger partial charge on any atom is 0.137 e. The molecule has 0 aliphatic carbocycles. The summed E-state index contributed by atoms with van der Waals surface area (Å²) in [5, 5.41) is 6.81. The molecule has 0 aliphatic rings. The molecule has 46 heavy (non-hydrogen) atoms. The molecule has 4 nitrogen and oxygen atoms in total. The van der Waals surface area contributed by atoms with Gasteiger partial charge in [-0.3, -0.25) is 0 Å². The third-order valence-corrected chi connectivity index (χ3v) is 9.17. The zero-order valence-corrected chi connectivity index (χ0v) is 24.7. The molecule has 3 aromatic heterocycles. The molecule has 10 aromatic rings. The third-order valence-electron chi connectivity index (χ3n) is 9.17. The van der Waals surface area contributed by atoms with E-state index in [0.717, 1.165) is 77.7 Å². The van der Waals surface area contributed by atoms with Crippen molar-refractivity contribution in [1.29, 1.82) is 0 Å². The lowest BCUT2D eigenvalue weighted by atomic mass is 10.1. The van der Waals surface area contributed by atoms with Crippen molar-refractivity contribution in [1.82, 2.24) is 4.57 Å². The number of para-hydroxylation sites is 4. The van der Waals surface area contributed by atoms with E-state index < -0.39 is 0 Å². The average molecular weight is 591 g/mol. The number of anilines is 3. The summed E-state index contributed by atoms with van der Waals surface area (Å²) < 4.78 is 15.1. The molecule has 0 unspecified atom stereocenters. The van der Waals surface area contributed by atoms with Gasteiger partial charge in [0.1, 0.15) is 22.3 Å². The van der Waals surface area contributed by atoms with Crippen LogP contribution in [0.1, 0.15) is 0 Å². The molecule has 0 saturated carbocycles. The molecule has 3 heterocycles. The van der Waals surface area contributed by atoms with Crippen molar-refractivity contribution in [3.63, 3.8) is 0 Å². The van der Waals surface area contributed by atoms with Crippen LogP contribution in [0.3, 0.4) is 0 Å². The Balaban J connectivity index is 1.29. The predicted octanol–water partition coefficient (Wildman–Crippen LogP) is 12.1. The number of rotatable bonds is 4. The molecular weight excluding hydrogens is 564 g/mol. The van der Waals surface area contributed by atoms with E-state index >= 15 is 0 Å². The van der Waals surface area contributed by atoms with Gasteiger partial charge < -0.3 is 18.3 Å². The number of benzene rings is 7. The molecule has 0 fully saturated rings. The molecule has 0 amide bonds. The van der Waals surface area contributed by atoms with Gasteiger partial charge in [-0.1, -0.05) is 78.9 Å². The van der Waals surface area contributed by atoms with Crippen molar-refractivity contribution in [2.45, 2.75) is 0 Å². The molecule has 10 rings (SSSR count). The first-order valence-corrected chi connectivity index (χ1v) is 15.5. The SMILES string of the molecule is c1ccc(-n2c3ccccc3c3c(N(c4ccc5c(c4)oc4ccccc45)c4ccc5c(c4)oc4ccccc45)cccc32)cc1. The second-order valence-corrected chi connectivity index (χ2v) is 11.8. The Morgan fingerprint density at radius 2 is 0.913 bits per heavy atom. The lowest BCUT2D eigenvalue weighted by Crippen LogP contribution is -2.10. The largest absolute Gasteiger partial charge is 0.456 e. The molecule has 0 N–H and O–H groups in total. The van der Waals surface area contributed by atoms with Gasteiger partial charge in [0, 0.05) is 61.5 Å². The first-order chi connectivity index (χ1) is 22.8. The van der Waals surface area contributed by atoms with Gasteiger partial charge in [-0.2, -0.15) is 0 Å². The summed E-state index contributed by atoms with van der Waals surface area (Å²) in [4.78, 5) is 2.34. The highest BCUT2D eigenvalue weighted by Gasteiger charge is 2.22. The Bertz CT molecular complexity index is 2650. The lowest BCUT2D eigenvalue weighted by molar-refractivity contribution is 0.669. The van der Waals surface area contributed by atoms with Gasteiger partial charge in [0.2, 0.25) is 0 Å². The van der Waals surface area contributed by atoms with Crippen molar-refractivity contribution in [3.8, 4) is 5.69 Å². The van der Waals surface area contributed by atoms with Crippen molar-refractivity contribution >= 4 is 82.7 Å². The fourth-order valence-electron chi connectivity index (χ4n) is 7.18. The van der Waals surface area contributed by atoms with Gasteiger partial charge in [0.25, 0.3) is 0 Å². The van der Waals surface area contributed by atoms with Crippen LogP contribution in [0.2, 0.25) is 0 Å². The monoisotopic (exact) mass is 590 g/mol. The van der Waals surface area contributed by atoms with Crippen LogP contribution in [0, 0.1) is 0 Å². The van der Waals surface area contributed by atoms with E-state index in [1.165, 1.54) is 10.8 Å². The number of furan rings is 2. The summed E-state index contributed by atoms with van der Waals surface area (Å²) >= 11 is 0. The summed E-state index contributed by atoms with van der Waals surface area (Å²) in [6, 6.07) is 55.4. The minimum absolute atomic E-state index is 0.854. The highest BCUT2D eigenvalue weighted by molar-refractivity contribution is 6.17. The highest BCUT2D eigenvalue weighted by Crippen LogP contribution is 2.46. The Labute approximate surface area is 263 Å². The summed E-state index contributed by atoms with van der Waals surface area (Å²) in [7, 11) is 0. The van der Waals surface area contributed by atoms with Crippen LogP contribution < -0.4 is 4.90 Å². The smallest absolute Gasteiger partial charge is 0.137 e. The van der Waals surface area contributed by atoms with Gasteiger partial charge in [0.05, 0.1) is 16.7 Å². The number of hydrogen-bond donors (Lipinski definition) is 0. The van der Waals surface area contributed by atoms with E-state index in [2.05, 4.69) is 143 Å². The van der Waals surface area contributed by atoms with Gasteiger partial charge in [-0.05, 0) is 66.7 Å². The Kier molecular flexibility index (Phi) is 5.25. The first kappa shape index (κ1) is 25.1. The first-order valence-electron chi connectivity index (χ1n) is 15.5. The second-order valence-electron chi connectivity index (χ2n) is 11.8. The Morgan fingerprint density at radius 1 is 0.391 bits per heavy atom. The quantitative estimate of drug-likeness (QED) is 0.204. The van der Waals surface area contributed by atoms with Crippen LogP contribution in [-0.4, -0.2) is 4.57 Å². The maximum atomic E-state index is 6.40. The maximum absolute atomic E-state index is 6.40. The molecular formula is C42H26N2O2. The zero-order valence-electron chi connectivity index (χ0n) is 24.7. The van der Waals surface area contributed by atoms with Gasteiger partial charge in [-0.15, -0.1) is 0 Å². The Morgan fingerprint density at radius 3 is 1.57 bits per heavy atom. The third kappa shape index (κ3) is 3.61. The van der Waals surface area contributed by atoms with Gasteiger partial charge in [-0.25, -0.2) is 0 Å². The van der Waals surface area contributed by atoms with E-state index in [9.17, 15) is 0 Å². The van der Waals surface area contributed by atoms with E-state index in [-0.39, 0.29) is 0 Å². The Hall–Kier alpha value is -6.26. The van der Waals surface area contributed by atoms with E-state index in [1.54, 1.807) is 0 Å². The van der Waals surface area contributed by atoms with Crippen LogP contribution in [0.15, 0.2) is 167 Å². The normalized spacial score (nSPS) is 11.9. The summed E-state index contributed by atoms with van der Waals surface area (Å²) in [5.74, 6) is 0. The van der Waals surface area contributed by atoms with Crippen LogP contribution in [0.25, 0.3) is 71.4 Å². The molecule has 216 valence electrons. The fraction of sp³-hybridized carbons (Fsp3) is 0. The molecule has 0 radical (unpaired) electrons. The fourth-order valence-corrected chi connectivity index (χ4v) is 7.18. The number of hydrogen-bond acceptors (Lipinski definition) is 3. The zero-order chi connectivity index (χ0) is 30.2. The number of aromatic nitrogens is 1. The molecule has 4 heteroatoms. The average Bonchev–Trinajstić information content (AvgIpc) is 3.78. The van der Waals surface area contributed by atoms with E-state index in [4.69, 9.17) is 8.83 Å². The summed E-state index contributed by atoms with van der Waals surface area (Å²) in [5.41, 5.74) is 10.0. The van der Waals surface area contributed by atoms with Gasteiger partial charge >= 0.3 is 0 Å². The summed E-state index contributed by atoms with van der Waals surface area (Å²) in [6.07, 6.45) is 0. The van der Waals surface area contributed by atoms with Crippen LogP contribution in [0.5, 0.6) is 0 Å². The highest BCUT2D eigenvalue weighted by atomic mass is 16.3. The molecule has 0 spiro atoms. The van der Waals surface area contributed by atoms with Crippen molar-refractivity contribution in [2.24, 2.45) is 0 Å². The molecule has 0 aliphatic heterocycles. The minimum atomic E-state index is 0.854. The standard InChI is InChI=1S/C42H26N2O2/c1-2-11-27(12-3-1)44-35-16-7-4-15-34(35)42-36(17-10-18-37(42)44)43(28-21-23-32-30-13-5-8-19-38(30)45-40(32)25-28)29-22-24-33-31-14-6-9-20-39(31)46-41(33)26-29/h1-26H. The lowest BCUT2D eigenvalue weighted by Gasteiger charge is -2.26. The van der Waals surface area contributed by atoms with Crippen LogP contribution in [-0.2, 0) is 0 Å². The molecule has 0 atom stereocenters. The van der Waals surface area contributed by atoms with Crippen molar-refractivity contribution in [3.05, 3.63) is 158 Å². The number of fused-ring (bicyclic) bond motifs is 9. The van der Waals surface area contributed by atoms with Crippen LogP contribution in [0.4, 0.5) is 17.1 Å². The predicted molar refractivity (Wildman–Crippen MR) is 190 cm³/mol. The van der Waals surface area contributed by atoms with E-state index in [1.807, 2.05) is 24.3 Å².